The summed E-state index contributed by atoms with van der Waals surface area (Å²) in [5, 5.41) is 0. The molecular formula is C18H17BrN4O2. The Morgan fingerprint density at radius 1 is 1.24 bits per heavy atom. The van der Waals surface area contributed by atoms with E-state index >= 15 is 0 Å². The van der Waals surface area contributed by atoms with Gasteiger partial charge in [-0.1, -0.05) is 12.1 Å². The van der Waals surface area contributed by atoms with Crippen molar-refractivity contribution in [2.45, 2.75) is 19.1 Å². The number of imidazole rings is 1. The maximum absolute atomic E-state index is 12.6. The number of pyridine rings is 1. The number of halogens is 1. The van der Waals surface area contributed by atoms with Crippen LogP contribution in [0.5, 0.6) is 5.88 Å². The van der Waals surface area contributed by atoms with Gasteiger partial charge in [0.15, 0.2) is 0 Å². The number of benzene rings is 1. The van der Waals surface area contributed by atoms with Crippen molar-refractivity contribution in [3.05, 3.63) is 53.4 Å². The smallest absolute Gasteiger partial charge is 0.242 e. The van der Waals surface area contributed by atoms with E-state index in [1.165, 1.54) is 0 Å². The first-order valence-corrected chi connectivity index (χ1v) is 8.94. The molecule has 0 saturated carbocycles. The van der Waals surface area contributed by atoms with E-state index in [2.05, 4.69) is 25.9 Å². The highest BCUT2D eigenvalue weighted by Gasteiger charge is 2.28. The fourth-order valence-electron chi connectivity index (χ4n) is 3.04. The van der Waals surface area contributed by atoms with Gasteiger partial charge in [0.1, 0.15) is 12.6 Å². The number of carbonyl (C=O) groups excluding carboxylic acids is 1. The van der Waals surface area contributed by atoms with Crippen molar-refractivity contribution in [2.75, 3.05) is 13.1 Å². The lowest BCUT2D eigenvalue weighted by atomic mass is 10.3. The number of aromatic nitrogens is 3. The van der Waals surface area contributed by atoms with Crippen LogP contribution in [0.3, 0.4) is 0 Å². The Kier molecular flexibility index (Phi) is 4.40. The van der Waals surface area contributed by atoms with Crippen LogP contribution in [-0.4, -0.2) is 44.5 Å². The van der Waals surface area contributed by atoms with Gasteiger partial charge >= 0.3 is 0 Å². The van der Waals surface area contributed by atoms with E-state index in [9.17, 15) is 4.79 Å². The third-order valence-corrected chi connectivity index (χ3v) is 4.79. The Bertz CT molecular complexity index is 893. The molecule has 1 atom stereocenters. The van der Waals surface area contributed by atoms with Gasteiger partial charge in [-0.3, -0.25) is 4.79 Å². The Morgan fingerprint density at radius 2 is 2.12 bits per heavy atom. The summed E-state index contributed by atoms with van der Waals surface area (Å²) in [4.78, 5) is 23.0. The molecule has 0 aliphatic carbocycles. The molecule has 6 nitrogen and oxygen atoms in total. The zero-order valence-corrected chi connectivity index (χ0v) is 15.1. The van der Waals surface area contributed by atoms with Gasteiger partial charge in [0, 0.05) is 29.7 Å². The van der Waals surface area contributed by atoms with E-state index in [0.717, 1.165) is 21.9 Å². The molecule has 0 spiro atoms. The topological polar surface area (TPSA) is 60.2 Å². The molecule has 3 heterocycles. The van der Waals surface area contributed by atoms with E-state index in [-0.39, 0.29) is 12.0 Å². The van der Waals surface area contributed by atoms with Crippen molar-refractivity contribution < 1.29 is 9.53 Å². The lowest BCUT2D eigenvalue weighted by molar-refractivity contribution is -0.131. The number of rotatable bonds is 4. The summed E-state index contributed by atoms with van der Waals surface area (Å²) in [6, 6.07) is 11.5. The normalized spacial score (nSPS) is 17.2. The summed E-state index contributed by atoms with van der Waals surface area (Å²) in [6.45, 7) is 1.58. The third kappa shape index (κ3) is 3.51. The molecule has 2 aromatic heterocycles. The molecule has 1 aromatic carbocycles. The van der Waals surface area contributed by atoms with Crippen molar-refractivity contribution in [2.24, 2.45) is 0 Å². The first-order valence-electron chi connectivity index (χ1n) is 8.15. The number of fused-ring (bicyclic) bond motifs is 1. The van der Waals surface area contributed by atoms with Gasteiger partial charge in [0.05, 0.1) is 23.9 Å². The maximum atomic E-state index is 12.6. The number of para-hydroxylation sites is 2. The van der Waals surface area contributed by atoms with Crippen molar-refractivity contribution in [3.63, 3.8) is 0 Å². The molecule has 1 saturated heterocycles. The van der Waals surface area contributed by atoms with Gasteiger partial charge < -0.3 is 14.2 Å². The molecule has 4 rings (SSSR count). The maximum Gasteiger partial charge on any atom is 0.242 e. The molecule has 1 amide bonds. The lowest BCUT2D eigenvalue weighted by Crippen LogP contribution is -2.33. The Labute approximate surface area is 153 Å². The highest BCUT2D eigenvalue weighted by molar-refractivity contribution is 9.10. The second kappa shape index (κ2) is 6.84. The van der Waals surface area contributed by atoms with E-state index in [4.69, 9.17) is 4.74 Å². The number of hydrogen-bond acceptors (Lipinski definition) is 4. The second-order valence-electron chi connectivity index (χ2n) is 6.04. The quantitative estimate of drug-likeness (QED) is 0.675. The molecular weight excluding hydrogens is 384 g/mol. The van der Waals surface area contributed by atoms with Crippen LogP contribution in [0.25, 0.3) is 11.0 Å². The van der Waals surface area contributed by atoms with Crippen molar-refractivity contribution in [3.8, 4) is 5.88 Å². The molecule has 1 aliphatic rings. The van der Waals surface area contributed by atoms with Crippen LogP contribution in [0.2, 0.25) is 0 Å². The summed E-state index contributed by atoms with van der Waals surface area (Å²) >= 11 is 3.35. The van der Waals surface area contributed by atoms with Gasteiger partial charge in [-0.25, -0.2) is 9.97 Å². The van der Waals surface area contributed by atoms with Gasteiger partial charge in [-0.2, -0.15) is 0 Å². The van der Waals surface area contributed by atoms with Crippen molar-refractivity contribution in [1.29, 1.82) is 0 Å². The molecule has 0 bridgehead atoms. The summed E-state index contributed by atoms with van der Waals surface area (Å²) < 4.78 is 8.67. The van der Waals surface area contributed by atoms with Gasteiger partial charge in [-0.15, -0.1) is 0 Å². The molecule has 128 valence electrons. The summed E-state index contributed by atoms with van der Waals surface area (Å²) in [7, 11) is 0. The van der Waals surface area contributed by atoms with E-state index < -0.39 is 0 Å². The van der Waals surface area contributed by atoms with Crippen LogP contribution in [0.1, 0.15) is 6.42 Å². The van der Waals surface area contributed by atoms with Crippen LogP contribution in [0.4, 0.5) is 0 Å². The van der Waals surface area contributed by atoms with Crippen LogP contribution in [0.15, 0.2) is 53.4 Å². The molecule has 3 aromatic rings. The minimum Gasteiger partial charge on any atom is -0.472 e. The minimum atomic E-state index is -0.0165. The Hall–Kier alpha value is -2.41. The lowest BCUT2D eigenvalue weighted by Gasteiger charge is -2.17. The monoisotopic (exact) mass is 400 g/mol. The second-order valence-corrected chi connectivity index (χ2v) is 6.96. The number of likely N-dealkylation sites (tertiary alicyclic amines) is 1. The summed E-state index contributed by atoms with van der Waals surface area (Å²) in [6.07, 6.45) is 4.22. The van der Waals surface area contributed by atoms with Crippen molar-refractivity contribution in [1.82, 2.24) is 19.4 Å². The molecule has 0 unspecified atom stereocenters. The zero-order chi connectivity index (χ0) is 17.2. The molecule has 1 fully saturated rings. The zero-order valence-electron chi connectivity index (χ0n) is 13.5. The van der Waals surface area contributed by atoms with Crippen molar-refractivity contribution >= 4 is 32.9 Å². The van der Waals surface area contributed by atoms with Crippen LogP contribution in [-0.2, 0) is 11.3 Å². The van der Waals surface area contributed by atoms with E-state index in [1.54, 1.807) is 12.5 Å². The minimum absolute atomic E-state index is 0.0165. The summed E-state index contributed by atoms with van der Waals surface area (Å²) in [5.41, 5.74) is 1.88. The predicted molar refractivity (Wildman–Crippen MR) is 97.3 cm³/mol. The molecule has 1 aliphatic heterocycles. The highest BCUT2D eigenvalue weighted by atomic mass is 79.9. The largest absolute Gasteiger partial charge is 0.472 e. The molecule has 0 radical (unpaired) electrons. The van der Waals surface area contributed by atoms with E-state index in [1.807, 2.05) is 45.9 Å². The molecule has 0 N–H and O–H groups in total. The molecule has 7 heteroatoms. The SMILES string of the molecule is O=C(Cn1cnc2ccccc21)N1CC[C@H](Oc2ccc(Br)cn2)C1. The number of ether oxygens (including phenoxy) is 1. The van der Waals surface area contributed by atoms with E-state index in [0.29, 0.717) is 25.5 Å². The average molecular weight is 401 g/mol. The molecule has 25 heavy (non-hydrogen) atoms. The summed E-state index contributed by atoms with van der Waals surface area (Å²) in [5.74, 6) is 0.668. The number of amides is 1. The number of nitrogens with zero attached hydrogens (tertiary/aromatic N) is 4. The van der Waals surface area contributed by atoms with Gasteiger partial charge in [0.25, 0.3) is 0 Å². The first kappa shape index (κ1) is 16.1. The Balaban J connectivity index is 1.38. The average Bonchev–Trinajstić information content (AvgIpc) is 3.25. The predicted octanol–water partition coefficient (Wildman–Crippen LogP) is 2.87. The van der Waals surface area contributed by atoms with Crippen LogP contribution < -0.4 is 4.74 Å². The Morgan fingerprint density at radius 3 is 2.96 bits per heavy atom. The fraction of sp³-hybridized carbons (Fsp3) is 0.278. The fourth-order valence-corrected chi connectivity index (χ4v) is 3.27. The van der Waals surface area contributed by atoms with Crippen LogP contribution in [0, 0.1) is 0 Å². The van der Waals surface area contributed by atoms with Crippen LogP contribution >= 0.6 is 15.9 Å². The van der Waals surface area contributed by atoms with Gasteiger partial charge in [0.2, 0.25) is 11.8 Å². The third-order valence-electron chi connectivity index (χ3n) is 4.32. The number of hydrogen-bond donors (Lipinski definition) is 0. The van der Waals surface area contributed by atoms with Gasteiger partial charge in [-0.05, 0) is 34.1 Å². The highest BCUT2D eigenvalue weighted by Crippen LogP contribution is 2.19. The number of carbonyl (C=O) groups is 1. The first-order chi connectivity index (χ1) is 12.2. The standard InChI is InChI=1S/C18H17BrN4O2/c19-13-5-6-17(20-9-13)25-14-7-8-22(10-14)18(24)11-23-12-21-15-3-1-2-4-16(15)23/h1-6,9,12,14H,7-8,10-11H2/t14-/m0/s1.